The summed E-state index contributed by atoms with van der Waals surface area (Å²) in [5.74, 6) is 6.11. The monoisotopic (exact) mass is 526 g/mol. The van der Waals surface area contributed by atoms with E-state index in [0.717, 1.165) is 74.3 Å². The SMILES string of the molecule is CC[C@H]1CC2C3CCC(CCCCC(=O)N4CCC(CC)(CN=O)CC4)C3(C)CC[C@@H]2C2(C)CCCCC12. The van der Waals surface area contributed by atoms with Gasteiger partial charge in [0.05, 0.1) is 6.54 Å². The van der Waals surface area contributed by atoms with Crippen LogP contribution < -0.4 is 0 Å². The first-order valence-electron chi connectivity index (χ1n) is 16.9. The molecule has 0 aromatic carbocycles. The predicted molar refractivity (Wildman–Crippen MR) is 157 cm³/mol. The molecule has 1 aliphatic heterocycles. The number of fused-ring (bicyclic) bond motifs is 5. The van der Waals surface area contributed by atoms with Crippen molar-refractivity contribution in [2.24, 2.45) is 56.9 Å². The lowest BCUT2D eigenvalue weighted by Gasteiger charge is -2.62. The van der Waals surface area contributed by atoms with Crippen molar-refractivity contribution in [1.29, 1.82) is 0 Å². The zero-order valence-electron chi connectivity index (χ0n) is 25.3. The molecule has 0 spiro atoms. The molecule has 4 aliphatic carbocycles. The maximum absolute atomic E-state index is 12.9. The van der Waals surface area contributed by atoms with Crippen LogP contribution in [0.2, 0.25) is 0 Å². The first kappa shape index (κ1) is 28.6. The van der Waals surface area contributed by atoms with Crippen molar-refractivity contribution in [1.82, 2.24) is 4.90 Å². The molecule has 5 rings (SSSR count). The average molecular weight is 527 g/mol. The van der Waals surface area contributed by atoms with Gasteiger partial charge in [-0.25, -0.2) is 0 Å². The Labute approximate surface area is 233 Å². The lowest BCUT2D eigenvalue weighted by molar-refractivity contribution is -0.136. The third-order valence-corrected chi connectivity index (χ3v) is 14.0. The number of nitrogens with zero attached hydrogens (tertiary/aromatic N) is 2. The molecule has 4 saturated carbocycles. The number of likely N-dealkylation sites (tertiary alicyclic amines) is 1. The van der Waals surface area contributed by atoms with Gasteiger partial charge in [-0.3, -0.25) is 4.79 Å². The van der Waals surface area contributed by atoms with Crippen molar-refractivity contribution >= 4 is 5.91 Å². The molecule has 0 radical (unpaired) electrons. The number of amides is 1. The van der Waals surface area contributed by atoms with Crippen molar-refractivity contribution in [2.75, 3.05) is 19.6 Å². The highest BCUT2D eigenvalue weighted by atomic mass is 16.3. The minimum atomic E-state index is 0.0385. The van der Waals surface area contributed by atoms with E-state index in [1.54, 1.807) is 0 Å². The Morgan fingerprint density at radius 2 is 1.63 bits per heavy atom. The molecular formula is C34H58N2O2. The molecule has 5 fully saturated rings. The molecule has 1 heterocycles. The molecule has 0 aromatic heterocycles. The fourth-order valence-corrected chi connectivity index (χ4v) is 11.4. The van der Waals surface area contributed by atoms with Gasteiger partial charge in [-0.05, 0) is 129 Å². The van der Waals surface area contributed by atoms with E-state index in [1.807, 2.05) is 0 Å². The maximum atomic E-state index is 12.9. The molecule has 8 atom stereocenters. The highest BCUT2D eigenvalue weighted by Crippen LogP contribution is 2.69. The zero-order chi connectivity index (χ0) is 27.0. The molecule has 5 aliphatic rings. The van der Waals surface area contributed by atoms with Crippen LogP contribution in [-0.2, 0) is 4.79 Å². The normalized spacial score (nSPS) is 42.2. The Bertz CT molecular complexity index is 834. The number of hydrogen-bond donors (Lipinski definition) is 0. The van der Waals surface area contributed by atoms with Gasteiger partial charge in [-0.2, -0.15) is 4.91 Å². The largest absolute Gasteiger partial charge is 0.343 e. The van der Waals surface area contributed by atoms with E-state index in [2.05, 4.69) is 37.8 Å². The average Bonchev–Trinajstić information content (AvgIpc) is 3.27. The molecule has 6 unspecified atom stereocenters. The number of carbonyl (C=O) groups excluding carboxylic acids is 1. The fourth-order valence-electron chi connectivity index (χ4n) is 11.4. The van der Waals surface area contributed by atoms with Crippen LogP contribution in [0.4, 0.5) is 0 Å². The van der Waals surface area contributed by atoms with Crippen LogP contribution in [0.15, 0.2) is 5.18 Å². The van der Waals surface area contributed by atoms with Gasteiger partial charge in [-0.15, -0.1) is 0 Å². The quantitative estimate of drug-likeness (QED) is 0.222. The van der Waals surface area contributed by atoms with Gasteiger partial charge in [0.25, 0.3) is 0 Å². The van der Waals surface area contributed by atoms with Crippen LogP contribution in [0.1, 0.15) is 137 Å². The van der Waals surface area contributed by atoms with Crippen LogP contribution in [0.25, 0.3) is 0 Å². The second-order valence-corrected chi connectivity index (χ2v) is 15.2. The van der Waals surface area contributed by atoms with Crippen molar-refractivity contribution in [3.8, 4) is 0 Å². The van der Waals surface area contributed by atoms with Gasteiger partial charge < -0.3 is 4.90 Å². The third-order valence-electron chi connectivity index (χ3n) is 14.0. The van der Waals surface area contributed by atoms with Crippen molar-refractivity contribution in [3.05, 3.63) is 4.91 Å². The second kappa shape index (κ2) is 11.5. The zero-order valence-corrected chi connectivity index (χ0v) is 25.3. The molecule has 1 amide bonds. The highest BCUT2D eigenvalue weighted by molar-refractivity contribution is 5.76. The summed E-state index contributed by atoms with van der Waals surface area (Å²) in [6, 6.07) is 0. The summed E-state index contributed by atoms with van der Waals surface area (Å²) >= 11 is 0. The Morgan fingerprint density at radius 3 is 2.34 bits per heavy atom. The van der Waals surface area contributed by atoms with Gasteiger partial charge in [0, 0.05) is 19.5 Å². The number of nitroso groups, excluding NO2 is 1. The van der Waals surface area contributed by atoms with Crippen LogP contribution >= 0.6 is 0 Å². The minimum Gasteiger partial charge on any atom is -0.343 e. The summed E-state index contributed by atoms with van der Waals surface area (Å²) in [5, 5.41) is 3.20. The highest BCUT2D eigenvalue weighted by Gasteiger charge is 2.60. The van der Waals surface area contributed by atoms with E-state index in [-0.39, 0.29) is 5.41 Å². The van der Waals surface area contributed by atoms with E-state index in [4.69, 9.17) is 0 Å². The number of hydrogen-bond acceptors (Lipinski definition) is 3. The van der Waals surface area contributed by atoms with Crippen LogP contribution in [-0.4, -0.2) is 30.4 Å². The van der Waals surface area contributed by atoms with Gasteiger partial charge in [-0.1, -0.05) is 58.6 Å². The van der Waals surface area contributed by atoms with Crippen molar-refractivity contribution in [2.45, 2.75) is 137 Å². The summed E-state index contributed by atoms with van der Waals surface area (Å²) in [6.07, 6.45) is 21.9. The van der Waals surface area contributed by atoms with E-state index < -0.39 is 0 Å². The summed E-state index contributed by atoms with van der Waals surface area (Å²) in [6.45, 7) is 12.1. The maximum Gasteiger partial charge on any atom is 0.222 e. The smallest absolute Gasteiger partial charge is 0.222 e. The van der Waals surface area contributed by atoms with Gasteiger partial charge in [0.2, 0.25) is 5.91 Å². The Morgan fingerprint density at radius 1 is 0.868 bits per heavy atom. The summed E-state index contributed by atoms with van der Waals surface area (Å²) in [4.78, 5) is 25.9. The van der Waals surface area contributed by atoms with E-state index >= 15 is 0 Å². The lowest BCUT2D eigenvalue weighted by Crippen LogP contribution is -2.55. The molecule has 216 valence electrons. The third kappa shape index (κ3) is 5.02. The van der Waals surface area contributed by atoms with Gasteiger partial charge in [0.15, 0.2) is 0 Å². The molecule has 4 nitrogen and oxygen atoms in total. The summed E-state index contributed by atoms with van der Waals surface area (Å²) in [5.41, 5.74) is 1.21. The Balaban J connectivity index is 1.12. The van der Waals surface area contributed by atoms with Crippen molar-refractivity contribution in [3.63, 3.8) is 0 Å². The molecular weight excluding hydrogens is 468 g/mol. The van der Waals surface area contributed by atoms with Crippen LogP contribution in [0, 0.1) is 56.7 Å². The standard InChI is InChI=1S/C34H58N2O2/c1-5-25-23-27-29-15-14-26(32(29,3)18-16-30(27)33(4)17-10-9-12-28(25)33)11-7-8-13-31(37)36-21-19-34(6-2,20-22-36)24-35-38/h25-30H,5-24H2,1-4H3/t25-,26?,27?,28?,29?,30-,32?,33?/m0/s1. The van der Waals surface area contributed by atoms with Crippen molar-refractivity contribution < 1.29 is 4.79 Å². The summed E-state index contributed by atoms with van der Waals surface area (Å²) < 4.78 is 0. The minimum absolute atomic E-state index is 0.0385. The van der Waals surface area contributed by atoms with Gasteiger partial charge >= 0.3 is 0 Å². The van der Waals surface area contributed by atoms with E-state index in [0.29, 0.717) is 29.7 Å². The first-order valence-corrected chi connectivity index (χ1v) is 16.9. The first-order chi connectivity index (χ1) is 18.3. The molecule has 0 aromatic rings. The molecule has 0 N–H and O–H groups in total. The Hall–Kier alpha value is -0.930. The number of piperidine rings is 1. The van der Waals surface area contributed by atoms with E-state index in [9.17, 15) is 9.70 Å². The van der Waals surface area contributed by atoms with Crippen LogP contribution in [0.5, 0.6) is 0 Å². The summed E-state index contributed by atoms with van der Waals surface area (Å²) in [7, 11) is 0. The number of unbranched alkanes of at least 4 members (excludes halogenated alkanes) is 1. The molecule has 0 bridgehead atoms. The van der Waals surface area contributed by atoms with Crippen LogP contribution in [0.3, 0.4) is 0 Å². The van der Waals surface area contributed by atoms with E-state index in [1.165, 1.54) is 77.0 Å². The second-order valence-electron chi connectivity index (χ2n) is 15.2. The molecule has 1 saturated heterocycles. The fraction of sp³-hybridized carbons (Fsp3) is 0.971. The Kier molecular flexibility index (Phi) is 8.66. The molecule has 38 heavy (non-hydrogen) atoms. The lowest BCUT2D eigenvalue weighted by atomic mass is 9.42. The molecule has 4 heteroatoms. The number of rotatable bonds is 9. The number of carbonyl (C=O) groups is 1. The topological polar surface area (TPSA) is 49.7 Å². The van der Waals surface area contributed by atoms with Gasteiger partial charge in [0.1, 0.15) is 0 Å². The predicted octanol–water partition coefficient (Wildman–Crippen LogP) is 9.02.